The van der Waals surface area contributed by atoms with E-state index in [2.05, 4.69) is 10.1 Å². The van der Waals surface area contributed by atoms with Gasteiger partial charge in [-0.05, 0) is 24.1 Å². The van der Waals surface area contributed by atoms with E-state index < -0.39 is 5.97 Å². The number of aromatic nitrogens is 3. The predicted octanol–water partition coefficient (Wildman–Crippen LogP) is 1.55. The van der Waals surface area contributed by atoms with Gasteiger partial charge in [-0.25, -0.2) is 14.3 Å². The normalized spacial score (nSPS) is 10.9. The zero-order valence-electron chi connectivity index (χ0n) is 9.27. The summed E-state index contributed by atoms with van der Waals surface area (Å²) in [5, 5.41) is 13.2. The maximum absolute atomic E-state index is 11.1. The van der Waals surface area contributed by atoms with Gasteiger partial charge in [-0.15, -0.1) is 0 Å². The average molecular weight is 219 g/mol. The Morgan fingerprint density at radius 2 is 2.12 bits per heavy atom. The van der Waals surface area contributed by atoms with Crippen LogP contribution in [0.4, 0.5) is 0 Å². The van der Waals surface area contributed by atoms with Crippen molar-refractivity contribution in [1.82, 2.24) is 14.6 Å². The molecule has 1 N–H and O–H groups in total. The zero-order chi connectivity index (χ0) is 11.7. The van der Waals surface area contributed by atoms with Gasteiger partial charge in [-0.1, -0.05) is 13.8 Å². The highest BCUT2D eigenvalue weighted by Crippen LogP contribution is 2.11. The van der Waals surface area contributed by atoms with Gasteiger partial charge in [0.25, 0.3) is 0 Å². The Morgan fingerprint density at radius 3 is 2.69 bits per heavy atom. The number of carboxylic acids is 1. The van der Waals surface area contributed by atoms with Crippen LogP contribution in [0.25, 0.3) is 5.65 Å². The van der Waals surface area contributed by atoms with Gasteiger partial charge in [0.1, 0.15) is 0 Å². The molecule has 2 rings (SSSR count). The first-order chi connectivity index (χ1) is 7.65. The smallest absolute Gasteiger partial charge is 0.354 e. The molecule has 0 amide bonds. The fourth-order valence-electron chi connectivity index (χ4n) is 1.59. The summed E-state index contributed by atoms with van der Waals surface area (Å²) in [5.41, 5.74) is 1.73. The SMILES string of the molecule is CCc1cc(C(=O)O)n2nc(CC)nc2c1. The molecular formula is C11H13N3O2. The Morgan fingerprint density at radius 1 is 1.38 bits per heavy atom. The number of rotatable bonds is 3. The van der Waals surface area contributed by atoms with Crippen molar-refractivity contribution in [3.05, 3.63) is 29.2 Å². The molecule has 0 aliphatic carbocycles. The highest BCUT2D eigenvalue weighted by atomic mass is 16.4. The third kappa shape index (κ3) is 1.64. The summed E-state index contributed by atoms with van der Waals surface area (Å²) in [5.74, 6) is -0.316. The highest BCUT2D eigenvalue weighted by molar-refractivity contribution is 5.86. The molecular weight excluding hydrogens is 206 g/mol. The van der Waals surface area contributed by atoms with Gasteiger partial charge in [-0.2, -0.15) is 5.10 Å². The van der Waals surface area contributed by atoms with E-state index in [4.69, 9.17) is 5.11 Å². The Balaban J connectivity index is 2.74. The molecule has 84 valence electrons. The highest BCUT2D eigenvalue weighted by Gasteiger charge is 2.13. The van der Waals surface area contributed by atoms with Crippen LogP contribution in [0, 0.1) is 0 Å². The molecule has 2 aromatic heterocycles. The topological polar surface area (TPSA) is 67.5 Å². The number of hydrogen-bond acceptors (Lipinski definition) is 3. The predicted molar refractivity (Wildman–Crippen MR) is 58.7 cm³/mol. The molecule has 0 atom stereocenters. The first kappa shape index (κ1) is 10.6. The number of aryl methyl sites for hydroxylation is 2. The van der Waals surface area contributed by atoms with Gasteiger partial charge >= 0.3 is 5.97 Å². The van der Waals surface area contributed by atoms with Gasteiger partial charge in [0.05, 0.1) is 0 Å². The molecule has 0 saturated carbocycles. The van der Waals surface area contributed by atoms with Crippen LogP contribution in [0.2, 0.25) is 0 Å². The van der Waals surface area contributed by atoms with Crippen LogP contribution in [0.3, 0.4) is 0 Å². The second-order valence-corrected chi connectivity index (χ2v) is 3.56. The van der Waals surface area contributed by atoms with Gasteiger partial charge in [0, 0.05) is 6.42 Å². The summed E-state index contributed by atoms with van der Waals surface area (Å²) < 4.78 is 1.39. The Bertz CT molecular complexity index is 545. The second kappa shape index (κ2) is 3.92. The van der Waals surface area contributed by atoms with Gasteiger partial charge in [0.15, 0.2) is 17.2 Å². The molecule has 2 heterocycles. The molecule has 0 spiro atoms. The van der Waals surface area contributed by atoms with E-state index >= 15 is 0 Å². The van der Waals surface area contributed by atoms with Crippen molar-refractivity contribution >= 4 is 11.6 Å². The number of hydrogen-bond donors (Lipinski definition) is 1. The number of carboxylic acid groups (broad SMARTS) is 1. The van der Waals surface area contributed by atoms with Crippen LogP contribution in [0.5, 0.6) is 0 Å². The summed E-state index contributed by atoms with van der Waals surface area (Å²) in [7, 11) is 0. The van der Waals surface area contributed by atoms with Crippen LogP contribution in [0.1, 0.15) is 35.7 Å². The first-order valence-electron chi connectivity index (χ1n) is 5.27. The van der Waals surface area contributed by atoms with Crippen LogP contribution in [0.15, 0.2) is 12.1 Å². The minimum atomic E-state index is -0.979. The first-order valence-corrected chi connectivity index (χ1v) is 5.27. The van der Waals surface area contributed by atoms with Crippen LogP contribution in [-0.2, 0) is 12.8 Å². The lowest BCUT2D eigenvalue weighted by atomic mass is 10.2. The van der Waals surface area contributed by atoms with Crippen molar-refractivity contribution in [2.24, 2.45) is 0 Å². The van der Waals surface area contributed by atoms with Gasteiger partial charge < -0.3 is 5.11 Å². The molecule has 0 fully saturated rings. The van der Waals surface area contributed by atoms with Crippen molar-refractivity contribution in [3.63, 3.8) is 0 Å². The number of fused-ring (bicyclic) bond motifs is 1. The quantitative estimate of drug-likeness (QED) is 0.850. The lowest BCUT2D eigenvalue weighted by molar-refractivity contribution is 0.0687. The Labute approximate surface area is 92.7 Å². The molecule has 0 saturated heterocycles. The minimum Gasteiger partial charge on any atom is -0.477 e. The lowest BCUT2D eigenvalue weighted by Crippen LogP contribution is -2.07. The minimum absolute atomic E-state index is 0.168. The fourth-order valence-corrected chi connectivity index (χ4v) is 1.59. The number of nitrogens with zero attached hydrogens (tertiary/aromatic N) is 3. The number of carbonyl (C=O) groups is 1. The van der Waals surface area contributed by atoms with Crippen LogP contribution >= 0.6 is 0 Å². The second-order valence-electron chi connectivity index (χ2n) is 3.56. The van der Waals surface area contributed by atoms with Crippen LogP contribution < -0.4 is 0 Å². The van der Waals surface area contributed by atoms with Crippen molar-refractivity contribution in [2.45, 2.75) is 26.7 Å². The van der Waals surface area contributed by atoms with E-state index in [0.29, 0.717) is 17.9 Å². The molecule has 16 heavy (non-hydrogen) atoms. The number of pyridine rings is 1. The standard InChI is InChI=1S/C11H13N3O2/c1-3-7-5-8(11(15)16)14-10(6-7)12-9(4-2)13-14/h5-6H,3-4H2,1-2H3,(H,15,16). The van der Waals surface area contributed by atoms with E-state index in [9.17, 15) is 4.79 Å². The molecule has 0 unspecified atom stereocenters. The largest absolute Gasteiger partial charge is 0.477 e. The Kier molecular flexibility index (Phi) is 2.60. The molecule has 2 aromatic rings. The van der Waals surface area contributed by atoms with E-state index in [1.807, 2.05) is 19.9 Å². The van der Waals surface area contributed by atoms with E-state index in [1.54, 1.807) is 6.07 Å². The van der Waals surface area contributed by atoms with Crippen molar-refractivity contribution in [3.8, 4) is 0 Å². The number of aromatic carboxylic acids is 1. The summed E-state index contributed by atoms with van der Waals surface area (Å²) in [6, 6.07) is 3.52. The van der Waals surface area contributed by atoms with E-state index in [-0.39, 0.29) is 5.69 Å². The molecule has 0 aromatic carbocycles. The Hall–Kier alpha value is -1.91. The fraction of sp³-hybridized carbons (Fsp3) is 0.364. The monoisotopic (exact) mass is 219 g/mol. The van der Waals surface area contributed by atoms with Gasteiger partial charge in [-0.3, -0.25) is 0 Å². The molecule has 0 bridgehead atoms. The third-order valence-corrected chi connectivity index (χ3v) is 2.48. The summed E-state index contributed by atoms with van der Waals surface area (Å²) in [4.78, 5) is 15.4. The molecule has 5 nitrogen and oxygen atoms in total. The van der Waals surface area contributed by atoms with Crippen molar-refractivity contribution < 1.29 is 9.90 Å². The zero-order valence-corrected chi connectivity index (χ0v) is 9.27. The summed E-state index contributed by atoms with van der Waals surface area (Å²) in [6.07, 6.45) is 1.48. The lowest BCUT2D eigenvalue weighted by Gasteiger charge is -2.01. The van der Waals surface area contributed by atoms with Crippen molar-refractivity contribution in [2.75, 3.05) is 0 Å². The summed E-state index contributed by atoms with van der Waals surface area (Å²) in [6.45, 7) is 3.92. The molecule has 0 aliphatic rings. The third-order valence-electron chi connectivity index (χ3n) is 2.48. The van der Waals surface area contributed by atoms with Crippen molar-refractivity contribution in [1.29, 1.82) is 0 Å². The van der Waals surface area contributed by atoms with Crippen LogP contribution in [-0.4, -0.2) is 25.7 Å². The van der Waals surface area contributed by atoms with Gasteiger partial charge in [0.2, 0.25) is 0 Å². The molecule has 5 heteroatoms. The molecule has 0 radical (unpaired) electrons. The van der Waals surface area contributed by atoms with E-state index in [1.165, 1.54) is 4.52 Å². The maximum atomic E-state index is 11.1. The molecule has 0 aliphatic heterocycles. The summed E-state index contributed by atoms with van der Waals surface area (Å²) >= 11 is 0. The van der Waals surface area contributed by atoms with E-state index in [0.717, 1.165) is 12.0 Å². The average Bonchev–Trinajstić information content (AvgIpc) is 2.69. The maximum Gasteiger partial charge on any atom is 0.354 e.